The van der Waals surface area contributed by atoms with Crippen molar-refractivity contribution in [1.29, 1.82) is 0 Å². The van der Waals surface area contributed by atoms with Crippen LogP contribution in [0.3, 0.4) is 0 Å². The normalized spacial score (nSPS) is 11.1. The number of tetrazole rings is 1. The number of rotatable bonds is 3. The quantitative estimate of drug-likeness (QED) is 0.419. The Kier molecular flexibility index (Phi) is 2.82. The second-order valence-electron chi connectivity index (χ2n) is 4.68. The molecule has 7 heteroatoms. The van der Waals surface area contributed by atoms with Gasteiger partial charge in [-0.3, -0.25) is 10.3 Å². The smallest absolute Gasteiger partial charge is 0.344 e. The number of hydrogen-bond donors (Lipinski definition) is 0. The van der Waals surface area contributed by atoms with Crippen molar-refractivity contribution in [1.82, 2.24) is 20.6 Å². The molecule has 7 nitrogen and oxygen atoms in total. The molecule has 22 heavy (non-hydrogen) atoms. The van der Waals surface area contributed by atoms with Crippen LogP contribution >= 0.6 is 0 Å². The second kappa shape index (κ2) is 4.96. The van der Waals surface area contributed by atoms with E-state index in [1.54, 1.807) is 18.2 Å². The molecule has 2 heterocycles. The minimum absolute atomic E-state index is 0.149. The first-order valence-electron chi connectivity index (χ1n) is 6.57. The first kappa shape index (κ1) is 12.5. The van der Waals surface area contributed by atoms with E-state index in [0.717, 1.165) is 10.8 Å². The average molecular weight is 293 g/mol. The molecule has 0 spiro atoms. The zero-order valence-corrected chi connectivity index (χ0v) is 11.3. The standard InChI is InChI=1S/C15H9N4O3/c20-15-12-4-2-1-3-10(12)11-6-5-9(7-13(11)22-15)21-8-14-16-18-19-17-14/h1-7H,8H2/q-1. The van der Waals surface area contributed by atoms with Crippen molar-refractivity contribution >= 4 is 21.7 Å². The van der Waals surface area contributed by atoms with E-state index in [-0.39, 0.29) is 12.2 Å². The molecule has 0 unspecified atom stereocenters. The SMILES string of the molecule is O=c1oc2cc(OCc3nnn[n-]3)ccc2c2ccccc12. The Bertz CT molecular complexity index is 1010. The topological polar surface area (TPSA) is 92.2 Å². The molecule has 4 rings (SSSR count). The molecule has 0 fully saturated rings. The van der Waals surface area contributed by atoms with Crippen LogP contribution in [-0.4, -0.2) is 15.5 Å². The summed E-state index contributed by atoms with van der Waals surface area (Å²) in [4.78, 5) is 12.0. The lowest BCUT2D eigenvalue weighted by Gasteiger charge is -2.07. The number of aromatic nitrogens is 4. The fourth-order valence-electron chi connectivity index (χ4n) is 2.32. The zero-order chi connectivity index (χ0) is 14.9. The highest BCUT2D eigenvalue weighted by Gasteiger charge is 2.07. The van der Waals surface area contributed by atoms with Crippen molar-refractivity contribution < 1.29 is 9.15 Å². The molecule has 4 aromatic rings. The summed E-state index contributed by atoms with van der Waals surface area (Å²) in [5.74, 6) is 0.941. The summed E-state index contributed by atoms with van der Waals surface area (Å²) < 4.78 is 10.9. The Hall–Kier alpha value is -3.22. The van der Waals surface area contributed by atoms with Gasteiger partial charge in [-0.05, 0) is 23.6 Å². The number of hydrogen-bond acceptors (Lipinski definition) is 6. The first-order valence-corrected chi connectivity index (χ1v) is 6.57. The maximum absolute atomic E-state index is 12.0. The summed E-state index contributed by atoms with van der Waals surface area (Å²) in [5.41, 5.74) is 0.105. The summed E-state index contributed by atoms with van der Waals surface area (Å²) in [7, 11) is 0. The predicted octanol–water partition coefficient (Wildman–Crippen LogP) is 1.67. The van der Waals surface area contributed by atoms with E-state index in [1.807, 2.05) is 24.3 Å². The third-order valence-electron chi connectivity index (χ3n) is 3.32. The van der Waals surface area contributed by atoms with Gasteiger partial charge in [-0.1, -0.05) is 18.2 Å². The summed E-state index contributed by atoms with van der Waals surface area (Å²) >= 11 is 0. The van der Waals surface area contributed by atoms with Crippen molar-refractivity contribution in [3.05, 3.63) is 58.7 Å². The van der Waals surface area contributed by atoms with Crippen molar-refractivity contribution in [2.75, 3.05) is 0 Å². The van der Waals surface area contributed by atoms with E-state index in [0.29, 0.717) is 22.5 Å². The molecule has 0 saturated carbocycles. The van der Waals surface area contributed by atoms with Gasteiger partial charge in [0.05, 0.1) is 5.39 Å². The van der Waals surface area contributed by atoms with E-state index >= 15 is 0 Å². The summed E-state index contributed by atoms with van der Waals surface area (Å²) in [5, 5.41) is 16.4. The van der Waals surface area contributed by atoms with Crippen LogP contribution in [-0.2, 0) is 6.61 Å². The molecule has 0 amide bonds. The van der Waals surface area contributed by atoms with Gasteiger partial charge in [0.15, 0.2) is 0 Å². The maximum atomic E-state index is 12.0. The van der Waals surface area contributed by atoms with Gasteiger partial charge in [0.1, 0.15) is 17.9 Å². The Labute approximate surface area is 123 Å². The molecule has 0 atom stereocenters. The largest absolute Gasteiger partial charge is 0.488 e. The van der Waals surface area contributed by atoms with Crippen LogP contribution in [0, 0.1) is 0 Å². The van der Waals surface area contributed by atoms with Crippen molar-refractivity contribution in [2.45, 2.75) is 6.61 Å². The summed E-state index contributed by atoms with van der Waals surface area (Å²) in [6, 6.07) is 12.7. The van der Waals surface area contributed by atoms with E-state index in [2.05, 4.69) is 20.6 Å². The molecule has 0 aliphatic rings. The number of ether oxygens (including phenoxy) is 1. The van der Waals surface area contributed by atoms with Crippen molar-refractivity contribution in [3.8, 4) is 5.75 Å². The van der Waals surface area contributed by atoms with Crippen LogP contribution in [0.15, 0.2) is 51.7 Å². The average Bonchev–Trinajstić information content (AvgIpc) is 3.06. The molecule has 2 aromatic heterocycles. The van der Waals surface area contributed by atoms with Crippen LogP contribution in [0.5, 0.6) is 5.75 Å². The molecule has 0 aliphatic heterocycles. The number of fused-ring (bicyclic) bond motifs is 3. The first-order chi connectivity index (χ1) is 10.8. The van der Waals surface area contributed by atoms with Gasteiger partial charge in [-0.25, -0.2) is 4.79 Å². The van der Waals surface area contributed by atoms with E-state index in [4.69, 9.17) is 9.15 Å². The minimum Gasteiger partial charge on any atom is -0.488 e. The van der Waals surface area contributed by atoms with Gasteiger partial charge in [0.2, 0.25) is 0 Å². The Balaban J connectivity index is 1.77. The highest BCUT2D eigenvalue weighted by Crippen LogP contribution is 2.26. The Morgan fingerprint density at radius 1 is 1.09 bits per heavy atom. The molecule has 0 aliphatic carbocycles. The van der Waals surface area contributed by atoms with Gasteiger partial charge in [0.25, 0.3) is 0 Å². The van der Waals surface area contributed by atoms with E-state index in [1.165, 1.54) is 0 Å². The molecule has 0 N–H and O–H groups in total. The summed E-state index contributed by atoms with van der Waals surface area (Å²) in [6.07, 6.45) is 0. The molecule has 0 radical (unpaired) electrons. The van der Waals surface area contributed by atoms with Crippen LogP contribution in [0.1, 0.15) is 5.82 Å². The molecule has 108 valence electrons. The summed E-state index contributed by atoms with van der Waals surface area (Å²) in [6.45, 7) is 0.149. The van der Waals surface area contributed by atoms with Crippen LogP contribution in [0.2, 0.25) is 0 Å². The van der Waals surface area contributed by atoms with E-state index < -0.39 is 0 Å². The maximum Gasteiger partial charge on any atom is 0.344 e. The predicted molar refractivity (Wildman–Crippen MR) is 77.5 cm³/mol. The number of benzene rings is 2. The molecule has 0 bridgehead atoms. The third kappa shape index (κ3) is 2.08. The van der Waals surface area contributed by atoms with Gasteiger partial charge in [0, 0.05) is 17.3 Å². The van der Waals surface area contributed by atoms with Crippen molar-refractivity contribution in [2.24, 2.45) is 0 Å². The lowest BCUT2D eigenvalue weighted by molar-refractivity contribution is 0.295. The van der Waals surface area contributed by atoms with Gasteiger partial charge < -0.3 is 14.3 Å². The molecule has 2 aromatic carbocycles. The minimum atomic E-state index is -0.368. The molecular weight excluding hydrogens is 284 g/mol. The highest BCUT2D eigenvalue weighted by molar-refractivity contribution is 6.04. The fourth-order valence-corrected chi connectivity index (χ4v) is 2.32. The highest BCUT2D eigenvalue weighted by atomic mass is 16.5. The third-order valence-corrected chi connectivity index (χ3v) is 3.32. The van der Waals surface area contributed by atoms with Crippen molar-refractivity contribution in [3.63, 3.8) is 0 Å². The van der Waals surface area contributed by atoms with Crippen LogP contribution < -0.4 is 15.5 Å². The van der Waals surface area contributed by atoms with Crippen LogP contribution in [0.4, 0.5) is 0 Å². The Morgan fingerprint density at radius 3 is 2.77 bits per heavy atom. The Morgan fingerprint density at radius 2 is 1.95 bits per heavy atom. The number of nitrogens with zero attached hydrogens (tertiary/aromatic N) is 4. The monoisotopic (exact) mass is 293 g/mol. The zero-order valence-electron chi connectivity index (χ0n) is 11.3. The second-order valence-corrected chi connectivity index (χ2v) is 4.68. The lowest BCUT2D eigenvalue weighted by atomic mass is 10.1. The van der Waals surface area contributed by atoms with Gasteiger partial charge in [-0.2, -0.15) is 5.21 Å². The van der Waals surface area contributed by atoms with Gasteiger partial charge >= 0.3 is 5.63 Å². The van der Waals surface area contributed by atoms with Crippen LogP contribution in [0.25, 0.3) is 21.7 Å². The van der Waals surface area contributed by atoms with Gasteiger partial charge in [-0.15, -0.1) is 0 Å². The van der Waals surface area contributed by atoms with E-state index in [9.17, 15) is 4.79 Å². The molecular formula is C15H9N4O3-. The fraction of sp³-hybridized carbons (Fsp3) is 0.0667. The molecule has 0 saturated heterocycles. The lowest BCUT2D eigenvalue weighted by Crippen LogP contribution is -2.01.